The van der Waals surface area contributed by atoms with Gasteiger partial charge in [-0.1, -0.05) is 52.6 Å². The lowest BCUT2D eigenvalue weighted by Crippen LogP contribution is -2.22. The number of hydrogen-bond acceptors (Lipinski definition) is 4. The third-order valence-corrected chi connectivity index (χ3v) is 7.31. The zero-order valence-corrected chi connectivity index (χ0v) is 19.4. The zero-order valence-electron chi connectivity index (χ0n) is 17.9. The van der Waals surface area contributed by atoms with E-state index in [1.807, 2.05) is 24.3 Å². The number of halogens is 2. The standard InChI is InChI=1S/C25H22Cl2N6/c26-16-9-10-18(19(27)12-16)24-21(13-5-6-13)30-25(22(29-24)14-7-8-14)31-23-17-4-2-1-3-15(17)11-20(23)32-33-28/h1-4,9-10,12-14,20,23H,5-8,11H2,(H,30,31)/t20-,23?/m1/s1. The minimum absolute atomic E-state index is 0.124. The third kappa shape index (κ3) is 3.93. The first-order valence-electron chi connectivity index (χ1n) is 11.4. The van der Waals surface area contributed by atoms with Crippen LogP contribution in [0, 0.1) is 0 Å². The SMILES string of the molecule is [N-]=[N+]=N[C@@H]1Cc2ccccc2C1Nc1nc(C2CC2)c(-c2ccc(Cl)cc2Cl)nc1C1CC1. The Kier molecular flexibility index (Phi) is 5.17. The van der Waals surface area contributed by atoms with Gasteiger partial charge in [0.25, 0.3) is 0 Å². The van der Waals surface area contributed by atoms with Crippen LogP contribution in [0.3, 0.4) is 0 Å². The molecule has 33 heavy (non-hydrogen) atoms. The van der Waals surface area contributed by atoms with Crippen LogP contribution in [0.15, 0.2) is 47.6 Å². The molecule has 2 saturated carbocycles. The van der Waals surface area contributed by atoms with E-state index in [-0.39, 0.29) is 12.1 Å². The van der Waals surface area contributed by atoms with E-state index in [0.29, 0.717) is 21.9 Å². The Bertz CT molecular complexity index is 1290. The first-order valence-corrected chi connectivity index (χ1v) is 12.1. The van der Waals surface area contributed by atoms with Gasteiger partial charge in [0.1, 0.15) is 5.82 Å². The van der Waals surface area contributed by atoms with Crippen LogP contribution in [0.5, 0.6) is 0 Å². The molecule has 6 rings (SSSR count). The molecule has 6 nitrogen and oxygen atoms in total. The molecule has 3 aromatic rings. The highest BCUT2D eigenvalue weighted by molar-refractivity contribution is 6.36. The van der Waals surface area contributed by atoms with Crippen molar-refractivity contribution in [2.45, 2.75) is 56.0 Å². The lowest BCUT2D eigenvalue weighted by molar-refractivity contribution is 0.618. The number of azide groups is 1. The molecule has 2 aromatic carbocycles. The fourth-order valence-corrected chi connectivity index (χ4v) is 5.30. The van der Waals surface area contributed by atoms with Crippen LogP contribution in [0.1, 0.15) is 66.1 Å². The van der Waals surface area contributed by atoms with Gasteiger partial charge in [0.05, 0.1) is 34.2 Å². The number of fused-ring (bicyclic) bond motifs is 1. The number of aromatic nitrogens is 2. The maximum Gasteiger partial charge on any atom is 0.148 e. The van der Waals surface area contributed by atoms with E-state index < -0.39 is 0 Å². The topological polar surface area (TPSA) is 86.6 Å². The third-order valence-electron chi connectivity index (χ3n) is 6.76. The van der Waals surface area contributed by atoms with Crippen LogP contribution < -0.4 is 5.32 Å². The van der Waals surface area contributed by atoms with Crippen molar-refractivity contribution in [3.05, 3.63) is 85.5 Å². The van der Waals surface area contributed by atoms with Gasteiger partial charge in [-0.2, -0.15) is 0 Å². The Balaban J connectivity index is 1.46. The molecule has 8 heteroatoms. The maximum atomic E-state index is 9.16. The fourth-order valence-electron chi connectivity index (χ4n) is 4.80. The summed E-state index contributed by atoms with van der Waals surface area (Å²) in [6.45, 7) is 0. The summed E-state index contributed by atoms with van der Waals surface area (Å²) in [6.07, 6.45) is 5.12. The molecule has 1 unspecified atom stereocenters. The average Bonchev–Trinajstić information content (AvgIpc) is 3.72. The van der Waals surface area contributed by atoms with E-state index in [0.717, 1.165) is 66.1 Å². The van der Waals surface area contributed by atoms with E-state index in [2.05, 4.69) is 27.5 Å². The van der Waals surface area contributed by atoms with Crippen LogP contribution in [-0.4, -0.2) is 16.0 Å². The second kappa shape index (κ2) is 8.21. The summed E-state index contributed by atoms with van der Waals surface area (Å²) in [4.78, 5) is 13.4. The quantitative estimate of drug-likeness (QED) is 0.225. The van der Waals surface area contributed by atoms with Gasteiger partial charge in [0.15, 0.2) is 0 Å². The molecule has 166 valence electrons. The van der Waals surface area contributed by atoms with Gasteiger partial charge in [0.2, 0.25) is 0 Å². The van der Waals surface area contributed by atoms with Crippen LogP contribution in [0.4, 0.5) is 5.82 Å². The van der Waals surface area contributed by atoms with Gasteiger partial charge in [-0.15, -0.1) is 0 Å². The van der Waals surface area contributed by atoms with Crippen molar-refractivity contribution in [1.29, 1.82) is 0 Å². The summed E-state index contributed by atoms with van der Waals surface area (Å²) in [5.74, 6) is 1.58. The molecule has 0 bridgehead atoms. The second-order valence-electron chi connectivity index (χ2n) is 9.16. The summed E-state index contributed by atoms with van der Waals surface area (Å²) in [6, 6.07) is 13.5. The van der Waals surface area contributed by atoms with Gasteiger partial charge in [-0.25, -0.2) is 9.97 Å². The molecule has 1 heterocycles. The van der Waals surface area contributed by atoms with E-state index in [1.54, 1.807) is 6.07 Å². The van der Waals surface area contributed by atoms with Crippen molar-refractivity contribution in [2.24, 2.45) is 5.11 Å². The summed E-state index contributed by atoms with van der Waals surface area (Å²) in [5.41, 5.74) is 15.2. The number of hydrogen-bond donors (Lipinski definition) is 1. The number of nitrogens with zero attached hydrogens (tertiary/aromatic N) is 5. The number of rotatable bonds is 6. The normalized spacial score (nSPS) is 21.4. The van der Waals surface area contributed by atoms with Crippen molar-refractivity contribution < 1.29 is 0 Å². The fraction of sp³-hybridized carbons (Fsp3) is 0.360. The first-order chi connectivity index (χ1) is 16.1. The van der Waals surface area contributed by atoms with Gasteiger partial charge in [0, 0.05) is 27.3 Å². The molecule has 2 atom stereocenters. The van der Waals surface area contributed by atoms with E-state index in [9.17, 15) is 0 Å². The molecule has 0 amide bonds. The maximum absolute atomic E-state index is 9.16. The Morgan fingerprint density at radius 3 is 2.45 bits per heavy atom. The van der Waals surface area contributed by atoms with Crippen molar-refractivity contribution in [3.8, 4) is 11.3 Å². The first kappa shape index (κ1) is 20.8. The molecule has 1 N–H and O–H groups in total. The summed E-state index contributed by atoms with van der Waals surface area (Å²) < 4.78 is 0. The monoisotopic (exact) mass is 476 g/mol. The highest BCUT2D eigenvalue weighted by atomic mass is 35.5. The Morgan fingerprint density at radius 1 is 0.970 bits per heavy atom. The van der Waals surface area contributed by atoms with Crippen molar-refractivity contribution >= 4 is 29.0 Å². The molecule has 1 aromatic heterocycles. The molecular formula is C25H22Cl2N6. The molecular weight excluding hydrogens is 455 g/mol. The average molecular weight is 477 g/mol. The highest BCUT2D eigenvalue weighted by Gasteiger charge is 2.37. The summed E-state index contributed by atoms with van der Waals surface area (Å²) in [5, 5.41) is 8.95. The zero-order chi connectivity index (χ0) is 22.5. The molecule has 0 spiro atoms. The molecule has 0 radical (unpaired) electrons. The number of anilines is 1. The van der Waals surface area contributed by atoms with Gasteiger partial charge in [-0.3, -0.25) is 0 Å². The smallest absolute Gasteiger partial charge is 0.148 e. The predicted molar refractivity (Wildman–Crippen MR) is 131 cm³/mol. The van der Waals surface area contributed by atoms with Crippen LogP contribution in [0.2, 0.25) is 10.0 Å². The minimum atomic E-state index is -0.198. The van der Waals surface area contributed by atoms with E-state index in [1.165, 1.54) is 5.56 Å². The molecule has 3 aliphatic rings. The second-order valence-corrected chi connectivity index (χ2v) is 10.0. The van der Waals surface area contributed by atoms with Gasteiger partial charge in [-0.05, 0) is 67.0 Å². The van der Waals surface area contributed by atoms with E-state index in [4.69, 9.17) is 38.7 Å². The predicted octanol–water partition coefficient (Wildman–Crippen LogP) is 7.59. The molecule has 3 aliphatic carbocycles. The van der Waals surface area contributed by atoms with E-state index >= 15 is 0 Å². The van der Waals surface area contributed by atoms with Gasteiger partial charge >= 0.3 is 0 Å². The Morgan fingerprint density at radius 2 is 1.73 bits per heavy atom. The highest BCUT2D eigenvalue weighted by Crippen LogP contribution is 2.49. The van der Waals surface area contributed by atoms with Crippen LogP contribution in [-0.2, 0) is 6.42 Å². The molecule has 0 aliphatic heterocycles. The lowest BCUT2D eigenvalue weighted by atomic mass is 10.0. The van der Waals surface area contributed by atoms with Gasteiger partial charge < -0.3 is 5.32 Å². The van der Waals surface area contributed by atoms with Crippen LogP contribution >= 0.6 is 23.2 Å². The van der Waals surface area contributed by atoms with Crippen molar-refractivity contribution in [1.82, 2.24) is 9.97 Å². The van der Waals surface area contributed by atoms with Crippen LogP contribution in [0.25, 0.3) is 21.7 Å². The number of benzene rings is 2. The summed E-state index contributed by atoms with van der Waals surface area (Å²) >= 11 is 12.7. The molecule has 2 fully saturated rings. The molecule has 0 saturated heterocycles. The Hall–Kier alpha value is -2.79. The summed E-state index contributed by atoms with van der Waals surface area (Å²) in [7, 11) is 0. The largest absolute Gasteiger partial charge is 0.361 e. The van der Waals surface area contributed by atoms with Crippen molar-refractivity contribution in [2.75, 3.05) is 5.32 Å². The lowest BCUT2D eigenvalue weighted by Gasteiger charge is -2.22. The minimum Gasteiger partial charge on any atom is -0.361 e. The Labute approximate surface area is 202 Å². The van der Waals surface area contributed by atoms with Crippen molar-refractivity contribution in [3.63, 3.8) is 0 Å². The number of nitrogens with one attached hydrogen (secondary N) is 1.